The Hall–Kier alpha value is -3.02. The molecule has 2 aromatic carbocycles. The molecule has 0 saturated heterocycles. The van der Waals surface area contributed by atoms with Crippen molar-refractivity contribution in [2.24, 2.45) is 0 Å². The van der Waals surface area contributed by atoms with Crippen molar-refractivity contribution in [3.63, 3.8) is 0 Å². The number of ether oxygens (including phenoxy) is 4. The maximum absolute atomic E-state index is 12.4. The van der Waals surface area contributed by atoms with Crippen LogP contribution in [0.2, 0.25) is 0 Å². The summed E-state index contributed by atoms with van der Waals surface area (Å²) in [7, 11) is 4.34. The van der Waals surface area contributed by atoms with E-state index in [0.29, 0.717) is 11.3 Å². The van der Waals surface area contributed by atoms with Crippen LogP contribution >= 0.6 is 0 Å². The van der Waals surface area contributed by atoms with Crippen molar-refractivity contribution < 1.29 is 28.5 Å². The van der Waals surface area contributed by atoms with Crippen LogP contribution in [0.5, 0.6) is 17.2 Å². The van der Waals surface area contributed by atoms with Gasteiger partial charge in [0.05, 0.1) is 21.3 Å². The molecule has 0 aromatic heterocycles. The highest BCUT2D eigenvalue weighted by atomic mass is 16.5. The molecule has 0 unspecified atom stereocenters. The third kappa shape index (κ3) is 3.96. The fraction of sp³-hybridized carbons (Fsp3) is 0.300. The summed E-state index contributed by atoms with van der Waals surface area (Å²) in [5, 5.41) is 0. The van der Waals surface area contributed by atoms with E-state index in [0.717, 1.165) is 11.1 Å². The Kier molecular flexibility index (Phi) is 6.22. The highest BCUT2D eigenvalue weighted by Crippen LogP contribution is 2.39. The van der Waals surface area contributed by atoms with Crippen molar-refractivity contribution in [2.45, 2.75) is 13.8 Å². The molecule has 0 radical (unpaired) electrons. The third-order valence-corrected chi connectivity index (χ3v) is 4.09. The molecule has 0 N–H and O–H groups in total. The second-order valence-corrected chi connectivity index (χ2v) is 5.68. The first-order chi connectivity index (χ1) is 12.4. The van der Waals surface area contributed by atoms with Crippen LogP contribution in [-0.2, 0) is 4.74 Å². The summed E-state index contributed by atoms with van der Waals surface area (Å²) in [6.07, 6.45) is 0. The van der Waals surface area contributed by atoms with E-state index < -0.39 is 5.97 Å². The van der Waals surface area contributed by atoms with Crippen molar-refractivity contribution in [2.75, 3.05) is 27.9 Å². The first kappa shape index (κ1) is 19.3. The Morgan fingerprint density at radius 1 is 0.846 bits per heavy atom. The summed E-state index contributed by atoms with van der Waals surface area (Å²) in [5.74, 6) is -0.0617. The van der Waals surface area contributed by atoms with Crippen LogP contribution in [0.15, 0.2) is 30.3 Å². The number of esters is 1. The maximum atomic E-state index is 12.4. The lowest BCUT2D eigenvalue weighted by atomic mass is 10.0. The summed E-state index contributed by atoms with van der Waals surface area (Å²) >= 11 is 0. The van der Waals surface area contributed by atoms with Gasteiger partial charge in [0.25, 0.3) is 0 Å². The Balaban J connectivity index is 2.17. The number of aryl methyl sites for hydroxylation is 2. The maximum Gasteiger partial charge on any atom is 0.342 e. The predicted octanol–water partition coefficient (Wildman–Crippen LogP) is 3.37. The molecule has 0 fully saturated rings. The Morgan fingerprint density at radius 3 is 2.12 bits per heavy atom. The van der Waals surface area contributed by atoms with Crippen molar-refractivity contribution in [3.8, 4) is 17.2 Å². The fourth-order valence-corrected chi connectivity index (χ4v) is 2.47. The van der Waals surface area contributed by atoms with Gasteiger partial charge in [-0.05, 0) is 43.2 Å². The molecule has 0 amide bonds. The van der Waals surface area contributed by atoms with Crippen LogP contribution in [0.1, 0.15) is 31.8 Å². The van der Waals surface area contributed by atoms with E-state index in [4.69, 9.17) is 18.9 Å². The SMILES string of the molecule is COc1ccc(C(=O)OCC(=O)c2ccc(C)c(C)c2)c(OC)c1OC. The highest BCUT2D eigenvalue weighted by Gasteiger charge is 2.22. The molecule has 6 heteroatoms. The van der Waals surface area contributed by atoms with Crippen molar-refractivity contribution in [1.29, 1.82) is 0 Å². The summed E-state index contributed by atoms with van der Waals surface area (Å²) < 4.78 is 20.8. The number of Topliss-reactive ketones (excluding diaryl/α,β-unsaturated/α-hetero) is 1. The van der Waals surface area contributed by atoms with Gasteiger partial charge in [-0.25, -0.2) is 4.79 Å². The van der Waals surface area contributed by atoms with Crippen molar-refractivity contribution in [1.82, 2.24) is 0 Å². The van der Waals surface area contributed by atoms with Gasteiger partial charge < -0.3 is 18.9 Å². The lowest BCUT2D eigenvalue weighted by molar-refractivity contribution is 0.0471. The summed E-state index contributed by atoms with van der Waals surface area (Å²) in [6.45, 7) is 3.53. The van der Waals surface area contributed by atoms with Gasteiger partial charge in [-0.3, -0.25) is 4.79 Å². The first-order valence-corrected chi connectivity index (χ1v) is 7.99. The molecule has 0 saturated carbocycles. The highest BCUT2D eigenvalue weighted by molar-refractivity contribution is 6.00. The van der Waals surface area contributed by atoms with Crippen LogP contribution in [0, 0.1) is 13.8 Å². The number of rotatable bonds is 7. The molecule has 0 atom stereocenters. The first-order valence-electron chi connectivity index (χ1n) is 7.99. The number of methoxy groups -OCH3 is 3. The zero-order valence-corrected chi connectivity index (χ0v) is 15.5. The van der Waals surface area contributed by atoms with Crippen LogP contribution < -0.4 is 14.2 Å². The minimum absolute atomic E-state index is 0.151. The third-order valence-electron chi connectivity index (χ3n) is 4.09. The average Bonchev–Trinajstić information content (AvgIpc) is 2.66. The number of hydrogen-bond donors (Lipinski definition) is 0. The van der Waals surface area contributed by atoms with E-state index in [2.05, 4.69) is 0 Å². The molecule has 2 aromatic rings. The number of ketones is 1. The standard InChI is InChI=1S/C20H22O6/c1-12-6-7-14(10-13(12)2)16(21)11-26-20(22)15-8-9-17(23-3)19(25-5)18(15)24-4/h6-10H,11H2,1-5H3. The van der Waals surface area contributed by atoms with Crippen molar-refractivity contribution >= 4 is 11.8 Å². The molecule has 6 nitrogen and oxygen atoms in total. The normalized spacial score (nSPS) is 10.2. The minimum atomic E-state index is -0.681. The molecule has 0 aliphatic heterocycles. The Bertz CT molecular complexity index is 825. The van der Waals surface area contributed by atoms with Gasteiger partial charge in [0.2, 0.25) is 5.75 Å². The molecule has 138 valence electrons. The molecule has 0 aliphatic carbocycles. The average molecular weight is 358 g/mol. The van der Waals surface area contributed by atoms with Crippen LogP contribution in [-0.4, -0.2) is 39.7 Å². The lowest BCUT2D eigenvalue weighted by Gasteiger charge is -2.15. The second-order valence-electron chi connectivity index (χ2n) is 5.68. The number of carbonyl (C=O) groups is 2. The van der Waals surface area contributed by atoms with Crippen LogP contribution in [0.3, 0.4) is 0 Å². The molecule has 26 heavy (non-hydrogen) atoms. The van der Waals surface area contributed by atoms with Gasteiger partial charge in [-0.1, -0.05) is 12.1 Å². The van der Waals surface area contributed by atoms with E-state index >= 15 is 0 Å². The van der Waals surface area contributed by atoms with Gasteiger partial charge in [0.1, 0.15) is 5.56 Å². The van der Waals surface area contributed by atoms with Gasteiger partial charge in [-0.15, -0.1) is 0 Å². The second kappa shape index (κ2) is 8.38. The number of carbonyl (C=O) groups excluding carboxylic acids is 2. The molecule has 0 spiro atoms. The zero-order valence-electron chi connectivity index (χ0n) is 15.5. The summed E-state index contributed by atoms with van der Waals surface area (Å²) in [4.78, 5) is 24.7. The lowest BCUT2D eigenvalue weighted by Crippen LogP contribution is -2.15. The molecule has 0 aliphatic rings. The fourth-order valence-electron chi connectivity index (χ4n) is 2.47. The van der Waals surface area contributed by atoms with E-state index in [1.807, 2.05) is 19.9 Å². The topological polar surface area (TPSA) is 71.1 Å². The van der Waals surface area contributed by atoms with E-state index in [-0.39, 0.29) is 29.5 Å². The summed E-state index contributed by atoms with van der Waals surface area (Å²) in [5.41, 5.74) is 2.75. The number of benzene rings is 2. The molecular weight excluding hydrogens is 336 g/mol. The Labute approximate surface area is 152 Å². The van der Waals surface area contributed by atoms with Crippen molar-refractivity contribution in [3.05, 3.63) is 52.6 Å². The minimum Gasteiger partial charge on any atom is -0.493 e. The van der Waals surface area contributed by atoms with E-state index in [1.165, 1.54) is 27.4 Å². The van der Waals surface area contributed by atoms with Crippen LogP contribution in [0.25, 0.3) is 0 Å². The largest absolute Gasteiger partial charge is 0.493 e. The molecule has 2 rings (SSSR count). The van der Waals surface area contributed by atoms with Gasteiger partial charge in [0, 0.05) is 5.56 Å². The Morgan fingerprint density at radius 2 is 1.54 bits per heavy atom. The predicted molar refractivity (Wildman–Crippen MR) is 96.6 cm³/mol. The molecular formula is C20H22O6. The smallest absolute Gasteiger partial charge is 0.342 e. The van der Waals surface area contributed by atoms with Crippen LogP contribution in [0.4, 0.5) is 0 Å². The van der Waals surface area contributed by atoms with Gasteiger partial charge >= 0.3 is 5.97 Å². The molecule has 0 bridgehead atoms. The van der Waals surface area contributed by atoms with E-state index in [1.54, 1.807) is 18.2 Å². The van der Waals surface area contributed by atoms with Gasteiger partial charge in [0.15, 0.2) is 23.9 Å². The van der Waals surface area contributed by atoms with Gasteiger partial charge in [-0.2, -0.15) is 0 Å². The molecule has 0 heterocycles. The van der Waals surface area contributed by atoms with E-state index in [9.17, 15) is 9.59 Å². The monoisotopic (exact) mass is 358 g/mol. The summed E-state index contributed by atoms with van der Waals surface area (Å²) in [6, 6.07) is 8.44. The number of hydrogen-bond acceptors (Lipinski definition) is 6. The zero-order chi connectivity index (χ0) is 19.3. The quantitative estimate of drug-likeness (QED) is 0.558.